The Balaban J connectivity index is 2.10. The molecule has 1 fully saturated rings. The van der Waals surface area contributed by atoms with Crippen LogP contribution < -0.4 is 0 Å². The average Bonchev–Trinajstić information content (AvgIpc) is 2.99. The molecule has 1 saturated heterocycles. The predicted molar refractivity (Wildman–Crippen MR) is 90.8 cm³/mol. The van der Waals surface area contributed by atoms with E-state index in [-0.39, 0.29) is 22.9 Å². The van der Waals surface area contributed by atoms with Gasteiger partial charge in [0.1, 0.15) is 5.69 Å². The first-order valence-electron chi connectivity index (χ1n) is 8.43. The Morgan fingerprint density at radius 2 is 2.11 bits per heavy atom. The van der Waals surface area contributed by atoms with Crippen molar-refractivity contribution in [3.63, 3.8) is 0 Å². The number of likely N-dealkylation sites (tertiary alicyclic amines) is 1. The van der Waals surface area contributed by atoms with Crippen molar-refractivity contribution < 1.29 is 27.9 Å². The summed E-state index contributed by atoms with van der Waals surface area (Å²) in [6.07, 6.45) is -2.55. The average molecular weight is 404 g/mol. The molecule has 27 heavy (non-hydrogen) atoms. The van der Waals surface area contributed by atoms with E-state index < -0.39 is 29.5 Å². The van der Waals surface area contributed by atoms with Crippen molar-refractivity contribution in [3.05, 3.63) is 34.2 Å². The zero-order valence-electron chi connectivity index (χ0n) is 14.4. The number of aryl methyl sites for hydroxylation is 1. The number of carbonyl (C=O) groups is 2. The summed E-state index contributed by atoms with van der Waals surface area (Å²) in [5.74, 6) is -2.23. The fraction of sp³-hybridized carbons (Fsp3) is 0.471. The molecular weight excluding hydrogens is 387 g/mol. The first-order chi connectivity index (χ1) is 12.6. The molecule has 3 rings (SSSR count). The second-order valence-electron chi connectivity index (χ2n) is 6.46. The van der Waals surface area contributed by atoms with Crippen molar-refractivity contribution in [1.29, 1.82) is 0 Å². The zero-order valence-corrected chi connectivity index (χ0v) is 15.1. The lowest BCUT2D eigenvalue weighted by molar-refractivity contribution is -0.143. The number of amides is 1. The third kappa shape index (κ3) is 3.60. The number of halogens is 4. The van der Waals surface area contributed by atoms with Gasteiger partial charge >= 0.3 is 12.1 Å². The van der Waals surface area contributed by atoms with Gasteiger partial charge in [-0.2, -0.15) is 13.2 Å². The van der Waals surface area contributed by atoms with Gasteiger partial charge in [-0.3, -0.25) is 14.0 Å². The van der Waals surface area contributed by atoms with Crippen molar-refractivity contribution in [2.45, 2.75) is 32.4 Å². The molecule has 1 N–H and O–H groups in total. The Bertz CT molecular complexity index is 910. The molecule has 1 atom stereocenters. The molecule has 0 bridgehead atoms. The summed E-state index contributed by atoms with van der Waals surface area (Å²) >= 11 is 5.98. The quantitative estimate of drug-likeness (QED) is 0.851. The minimum absolute atomic E-state index is 0.00783. The summed E-state index contributed by atoms with van der Waals surface area (Å²) < 4.78 is 40.5. The number of fused-ring (bicyclic) bond motifs is 1. The van der Waals surface area contributed by atoms with E-state index in [0.717, 1.165) is 16.7 Å². The molecule has 1 aliphatic rings. The standard InChI is InChI=1S/C17H17ClF3N3O3/c1-2-12-13(15(25)23-5-3-4-9(7-23)16(26)27)24-8-10(17(19,20)21)6-11(18)14(24)22-12/h6,8-9H,2-5,7H2,1H3,(H,26,27). The van der Waals surface area contributed by atoms with Gasteiger partial charge in [0.05, 0.1) is 22.2 Å². The van der Waals surface area contributed by atoms with Gasteiger partial charge in [0.25, 0.3) is 5.91 Å². The van der Waals surface area contributed by atoms with Crippen molar-refractivity contribution >= 4 is 29.1 Å². The number of carbonyl (C=O) groups excluding carboxylic acids is 1. The number of carboxylic acids is 1. The molecule has 0 aliphatic carbocycles. The van der Waals surface area contributed by atoms with E-state index in [1.54, 1.807) is 6.92 Å². The number of hydrogen-bond acceptors (Lipinski definition) is 3. The van der Waals surface area contributed by atoms with E-state index in [4.69, 9.17) is 11.6 Å². The summed E-state index contributed by atoms with van der Waals surface area (Å²) in [5, 5.41) is 9.00. The zero-order chi connectivity index (χ0) is 19.9. The molecule has 1 amide bonds. The molecule has 0 saturated carbocycles. The van der Waals surface area contributed by atoms with Crippen LogP contribution in [0.15, 0.2) is 12.3 Å². The van der Waals surface area contributed by atoms with Crippen LogP contribution in [0.5, 0.6) is 0 Å². The number of aliphatic carboxylic acids is 1. The largest absolute Gasteiger partial charge is 0.481 e. The molecule has 146 valence electrons. The predicted octanol–water partition coefficient (Wildman–Crippen LogP) is 3.51. The summed E-state index contributed by atoms with van der Waals surface area (Å²) in [7, 11) is 0. The Labute approximate surface area is 157 Å². The Hall–Kier alpha value is -2.29. The van der Waals surface area contributed by atoms with Crippen molar-refractivity contribution in [1.82, 2.24) is 14.3 Å². The van der Waals surface area contributed by atoms with E-state index in [9.17, 15) is 27.9 Å². The maximum atomic E-state index is 13.2. The molecule has 2 aromatic rings. The van der Waals surface area contributed by atoms with Crippen LogP contribution in [0.2, 0.25) is 5.02 Å². The van der Waals surface area contributed by atoms with E-state index in [2.05, 4.69) is 4.98 Å². The minimum Gasteiger partial charge on any atom is -0.481 e. The topological polar surface area (TPSA) is 74.9 Å². The Kier molecular flexibility index (Phi) is 5.07. The molecule has 10 heteroatoms. The van der Waals surface area contributed by atoms with E-state index >= 15 is 0 Å². The normalized spacial score (nSPS) is 18.1. The SMILES string of the molecule is CCc1nc2c(Cl)cc(C(F)(F)F)cn2c1C(=O)N1CCCC(C(=O)O)C1. The van der Waals surface area contributed by atoms with Gasteiger partial charge < -0.3 is 10.0 Å². The lowest BCUT2D eigenvalue weighted by Crippen LogP contribution is -2.43. The number of piperidine rings is 1. The smallest absolute Gasteiger partial charge is 0.417 e. The number of rotatable bonds is 3. The van der Waals surface area contributed by atoms with Crippen molar-refractivity contribution in [3.8, 4) is 0 Å². The number of nitrogens with zero attached hydrogens (tertiary/aromatic N) is 3. The van der Waals surface area contributed by atoms with Gasteiger partial charge in [0.2, 0.25) is 0 Å². The van der Waals surface area contributed by atoms with E-state index in [1.165, 1.54) is 4.90 Å². The lowest BCUT2D eigenvalue weighted by Gasteiger charge is -2.30. The second-order valence-corrected chi connectivity index (χ2v) is 6.86. The molecule has 1 unspecified atom stereocenters. The van der Waals surface area contributed by atoms with Crippen LogP contribution in [0.1, 0.15) is 41.5 Å². The van der Waals surface area contributed by atoms with Crippen LogP contribution in [0.4, 0.5) is 13.2 Å². The summed E-state index contributed by atoms with van der Waals surface area (Å²) in [6.45, 7) is 2.08. The molecule has 2 aromatic heterocycles. The van der Waals surface area contributed by atoms with Crippen LogP contribution in [0.3, 0.4) is 0 Å². The van der Waals surface area contributed by atoms with Gasteiger partial charge in [0.15, 0.2) is 5.65 Å². The molecule has 6 nitrogen and oxygen atoms in total. The number of imidazole rings is 1. The first kappa shape index (κ1) is 19.5. The monoisotopic (exact) mass is 403 g/mol. The van der Waals surface area contributed by atoms with Crippen LogP contribution in [0.25, 0.3) is 5.65 Å². The summed E-state index contributed by atoms with van der Waals surface area (Å²) in [5.41, 5.74) is -0.613. The molecule has 3 heterocycles. The number of hydrogen-bond donors (Lipinski definition) is 1. The maximum Gasteiger partial charge on any atom is 0.417 e. The molecule has 0 radical (unpaired) electrons. The summed E-state index contributed by atoms with van der Waals surface area (Å²) in [4.78, 5) is 29.9. The summed E-state index contributed by atoms with van der Waals surface area (Å²) in [6, 6.07) is 0.777. The number of pyridine rings is 1. The van der Waals surface area contributed by atoms with Crippen LogP contribution in [-0.4, -0.2) is 44.4 Å². The fourth-order valence-electron chi connectivity index (χ4n) is 3.29. The van der Waals surface area contributed by atoms with Crippen LogP contribution >= 0.6 is 11.6 Å². The van der Waals surface area contributed by atoms with E-state index in [1.807, 2.05) is 0 Å². The van der Waals surface area contributed by atoms with Crippen LogP contribution in [0, 0.1) is 5.92 Å². The number of carboxylic acid groups (broad SMARTS) is 1. The lowest BCUT2D eigenvalue weighted by atomic mass is 9.98. The number of alkyl halides is 3. The minimum atomic E-state index is -4.63. The second kappa shape index (κ2) is 7.03. The van der Waals surface area contributed by atoms with Crippen molar-refractivity contribution in [2.24, 2.45) is 5.92 Å². The highest BCUT2D eigenvalue weighted by molar-refractivity contribution is 6.33. The highest BCUT2D eigenvalue weighted by Crippen LogP contribution is 2.33. The highest BCUT2D eigenvalue weighted by atomic mass is 35.5. The fourth-order valence-corrected chi connectivity index (χ4v) is 3.54. The Morgan fingerprint density at radius 3 is 2.70 bits per heavy atom. The first-order valence-corrected chi connectivity index (χ1v) is 8.81. The third-order valence-corrected chi connectivity index (χ3v) is 4.95. The Morgan fingerprint density at radius 1 is 1.41 bits per heavy atom. The molecule has 0 aromatic carbocycles. The van der Waals surface area contributed by atoms with Gasteiger partial charge in [-0.15, -0.1) is 0 Å². The number of aromatic nitrogens is 2. The molecule has 1 aliphatic heterocycles. The molecule has 0 spiro atoms. The third-order valence-electron chi connectivity index (χ3n) is 4.67. The van der Waals surface area contributed by atoms with Gasteiger partial charge in [-0.25, -0.2) is 4.98 Å². The van der Waals surface area contributed by atoms with Gasteiger partial charge in [-0.1, -0.05) is 18.5 Å². The molecular formula is C17H17ClF3N3O3. The van der Waals surface area contributed by atoms with Gasteiger partial charge in [0, 0.05) is 19.3 Å². The van der Waals surface area contributed by atoms with Gasteiger partial charge in [-0.05, 0) is 25.3 Å². The van der Waals surface area contributed by atoms with Crippen molar-refractivity contribution in [2.75, 3.05) is 13.1 Å². The van der Waals surface area contributed by atoms with Crippen LogP contribution in [-0.2, 0) is 17.4 Å². The van der Waals surface area contributed by atoms with E-state index in [0.29, 0.717) is 31.5 Å². The maximum absolute atomic E-state index is 13.2. The highest BCUT2D eigenvalue weighted by Gasteiger charge is 2.35.